The van der Waals surface area contributed by atoms with Crippen molar-refractivity contribution in [1.29, 1.82) is 0 Å². The smallest absolute Gasteiger partial charge is 0.309 e. The normalized spacial score (nSPS) is 60.8. The number of esters is 1. The minimum absolute atomic E-state index is 0.0395. The quantitative estimate of drug-likeness (QED) is 0.541. The molecule has 1 aliphatic heterocycles. The van der Waals surface area contributed by atoms with Crippen LogP contribution < -0.4 is 0 Å². The van der Waals surface area contributed by atoms with Crippen molar-refractivity contribution in [2.75, 3.05) is 0 Å². The Balaban J connectivity index is 1.41. The van der Waals surface area contributed by atoms with Crippen LogP contribution in [0.4, 0.5) is 0 Å². The minimum atomic E-state index is -0.134. The Morgan fingerprint density at radius 3 is 2.32 bits per heavy atom. The third-order valence-electron chi connectivity index (χ3n) is 12.1. The van der Waals surface area contributed by atoms with Crippen LogP contribution in [-0.2, 0) is 14.3 Å². The summed E-state index contributed by atoms with van der Waals surface area (Å²) >= 11 is 0. The summed E-state index contributed by atoms with van der Waals surface area (Å²) in [5, 5.41) is 0. The van der Waals surface area contributed by atoms with Crippen molar-refractivity contribution in [1.82, 2.24) is 0 Å². The Bertz CT molecular complexity index is 800. The lowest BCUT2D eigenvalue weighted by Gasteiger charge is -2.62. The lowest BCUT2D eigenvalue weighted by atomic mass is 9.42. The molecule has 28 heavy (non-hydrogen) atoms. The minimum Gasteiger partial charge on any atom is -0.462 e. The van der Waals surface area contributed by atoms with Crippen LogP contribution in [0.1, 0.15) is 86.0 Å². The maximum atomic E-state index is 12.7. The van der Waals surface area contributed by atoms with E-state index in [0.29, 0.717) is 28.4 Å². The van der Waals surface area contributed by atoms with Gasteiger partial charge in [-0.3, -0.25) is 9.59 Å². The number of ether oxygens (including phenoxy) is 1. The maximum Gasteiger partial charge on any atom is 0.309 e. The molecule has 0 amide bonds. The Labute approximate surface area is 169 Å². The molecule has 2 spiro atoms. The molecule has 154 valence electrons. The summed E-state index contributed by atoms with van der Waals surface area (Å²) in [4.78, 5) is 25.0. The molecule has 6 rings (SSSR count). The lowest BCUT2D eigenvalue weighted by molar-refractivity contribution is -0.160. The zero-order valence-corrected chi connectivity index (χ0v) is 18.3. The predicted octanol–water partition coefficient (Wildman–Crippen LogP) is 5.17. The molecule has 5 aliphatic carbocycles. The van der Waals surface area contributed by atoms with Gasteiger partial charge in [0, 0.05) is 17.8 Å². The first-order valence-electron chi connectivity index (χ1n) is 11.8. The second-order valence-corrected chi connectivity index (χ2v) is 12.6. The third-order valence-corrected chi connectivity index (χ3v) is 12.1. The number of Topliss-reactive ketones (excluding diaryl/α,β-unsaturated/α-hetero) is 1. The van der Waals surface area contributed by atoms with Crippen LogP contribution in [0.2, 0.25) is 0 Å². The highest BCUT2D eigenvalue weighted by atomic mass is 16.6. The Kier molecular flexibility index (Phi) is 3.03. The molecule has 0 aromatic rings. The summed E-state index contributed by atoms with van der Waals surface area (Å²) in [5.74, 6) is 2.34. The highest BCUT2D eigenvalue weighted by molar-refractivity contribution is 5.86. The first-order chi connectivity index (χ1) is 13.0. The molecular formula is C25H36O3. The van der Waals surface area contributed by atoms with Gasteiger partial charge in [-0.1, -0.05) is 34.6 Å². The Morgan fingerprint density at radius 1 is 0.893 bits per heavy atom. The molecule has 5 saturated carbocycles. The average molecular weight is 385 g/mol. The number of carbonyl (C=O) groups excluding carboxylic acids is 2. The van der Waals surface area contributed by atoms with E-state index in [4.69, 9.17) is 4.74 Å². The zero-order valence-electron chi connectivity index (χ0n) is 18.3. The molecule has 0 unspecified atom stereocenters. The van der Waals surface area contributed by atoms with Crippen molar-refractivity contribution in [2.45, 2.75) is 92.1 Å². The lowest BCUT2D eigenvalue weighted by Crippen LogP contribution is -2.57. The standard InChI is InChI=1S/C25H36O3/c1-14-19-15(28-20(14)27)12-23(5)17-7-6-16-21(2,3)18(26)8-9-24(16)13-25(17,24)11-10-22(19,23)4/h14-17,19H,6-13H2,1-5H3/t14-,15-,16-,17-,19-,22+,23-,24+,25-/m0/s1. The number of ketones is 1. The zero-order chi connectivity index (χ0) is 19.9. The molecule has 0 bridgehead atoms. The summed E-state index contributed by atoms with van der Waals surface area (Å²) in [6.07, 6.45) is 9.57. The molecule has 1 saturated heterocycles. The third kappa shape index (κ3) is 1.59. The van der Waals surface area contributed by atoms with E-state index in [1.54, 1.807) is 0 Å². The van der Waals surface area contributed by atoms with Gasteiger partial charge in [-0.25, -0.2) is 0 Å². The summed E-state index contributed by atoms with van der Waals surface area (Å²) in [5.41, 5.74) is 1.25. The number of hydrogen-bond acceptors (Lipinski definition) is 3. The van der Waals surface area contributed by atoms with Gasteiger partial charge in [0.2, 0.25) is 0 Å². The molecule has 9 atom stereocenters. The van der Waals surface area contributed by atoms with Crippen molar-refractivity contribution >= 4 is 11.8 Å². The fraction of sp³-hybridized carbons (Fsp3) is 0.920. The molecule has 3 nitrogen and oxygen atoms in total. The van der Waals surface area contributed by atoms with Crippen LogP contribution in [0.5, 0.6) is 0 Å². The van der Waals surface area contributed by atoms with E-state index in [1.165, 1.54) is 32.1 Å². The highest BCUT2D eigenvalue weighted by Gasteiger charge is 2.83. The van der Waals surface area contributed by atoms with Gasteiger partial charge in [0.1, 0.15) is 11.9 Å². The van der Waals surface area contributed by atoms with Crippen LogP contribution in [-0.4, -0.2) is 17.9 Å². The SMILES string of the molecule is C[C@@H]1C(=O)O[C@H]2C[C@@]3(C)[C@@H]4CC[C@H]5C(C)(C)C(=O)CC[C@@]56C[C@@]46CC[C@]3(C)[C@H]21. The van der Waals surface area contributed by atoms with Crippen LogP contribution in [0, 0.1) is 50.7 Å². The van der Waals surface area contributed by atoms with E-state index in [-0.39, 0.29) is 34.2 Å². The van der Waals surface area contributed by atoms with E-state index in [2.05, 4.69) is 34.6 Å². The Hall–Kier alpha value is -0.860. The second-order valence-electron chi connectivity index (χ2n) is 12.6. The number of hydrogen-bond donors (Lipinski definition) is 0. The van der Waals surface area contributed by atoms with Gasteiger partial charge in [-0.15, -0.1) is 0 Å². The van der Waals surface area contributed by atoms with Gasteiger partial charge in [0.05, 0.1) is 5.92 Å². The fourth-order valence-electron chi connectivity index (χ4n) is 10.6. The summed E-state index contributed by atoms with van der Waals surface area (Å²) in [7, 11) is 0. The van der Waals surface area contributed by atoms with Gasteiger partial charge < -0.3 is 4.74 Å². The topological polar surface area (TPSA) is 43.4 Å². The molecule has 0 aromatic carbocycles. The predicted molar refractivity (Wildman–Crippen MR) is 106 cm³/mol. The second kappa shape index (κ2) is 4.72. The van der Waals surface area contributed by atoms with Crippen LogP contribution in [0.25, 0.3) is 0 Å². The van der Waals surface area contributed by atoms with Crippen LogP contribution in [0.15, 0.2) is 0 Å². The molecule has 3 heteroatoms. The number of rotatable bonds is 0. The Morgan fingerprint density at radius 2 is 1.57 bits per heavy atom. The van der Waals surface area contributed by atoms with Gasteiger partial charge in [-0.2, -0.15) is 0 Å². The van der Waals surface area contributed by atoms with E-state index in [1.807, 2.05) is 0 Å². The first-order valence-corrected chi connectivity index (χ1v) is 11.8. The van der Waals surface area contributed by atoms with E-state index in [9.17, 15) is 9.59 Å². The number of fused-ring (bicyclic) bond motifs is 4. The maximum absolute atomic E-state index is 12.7. The largest absolute Gasteiger partial charge is 0.462 e. The van der Waals surface area contributed by atoms with Gasteiger partial charge in [-0.05, 0) is 78.4 Å². The summed E-state index contributed by atoms with van der Waals surface area (Å²) < 4.78 is 5.91. The number of carbonyl (C=O) groups is 2. The highest BCUT2D eigenvalue weighted by Crippen LogP contribution is 2.89. The van der Waals surface area contributed by atoms with Crippen molar-refractivity contribution < 1.29 is 14.3 Å². The summed E-state index contributed by atoms with van der Waals surface area (Å²) in [6, 6.07) is 0. The van der Waals surface area contributed by atoms with Crippen molar-refractivity contribution in [3.63, 3.8) is 0 Å². The molecular weight excluding hydrogens is 348 g/mol. The van der Waals surface area contributed by atoms with Crippen molar-refractivity contribution in [2.24, 2.45) is 50.7 Å². The first kappa shape index (κ1) is 18.0. The van der Waals surface area contributed by atoms with Crippen molar-refractivity contribution in [3.8, 4) is 0 Å². The van der Waals surface area contributed by atoms with E-state index >= 15 is 0 Å². The van der Waals surface area contributed by atoms with Crippen LogP contribution in [0.3, 0.4) is 0 Å². The summed E-state index contributed by atoms with van der Waals surface area (Å²) in [6.45, 7) is 11.6. The van der Waals surface area contributed by atoms with Crippen molar-refractivity contribution in [3.05, 3.63) is 0 Å². The van der Waals surface area contributed by atoms with Gasteiger partial charge in [0.15, 0.2) is 0 Å². The molecule has 1 heterocycles. The van der Waals surface area contributed by atoms with Crippen LogP contribution >= 0.6 is 0 Å². The average Bonchev–Trinajstić information content (AvgIpc) is 3.13. The fourth-order valence-corrected chi connectivity index (χ4v) is 10.6. The molecule has 0 N–H and O–H groups in total. The van der Waals surface area contributed by atoms with Gasteiger partial charge in [0.25, 0.3) is 0 Å². The molecule has 0 radical (unpaired) electrons. The molecule has 6 aliphatic rings. The van der Waals surface area contributed by atoms with E-state index in [0.717, 1.165) is 25.2 Å². The van der Waals surface area contributed by atoms with E-state index < -0.39 is 0 Å². The van der Waals surface area contributed by atoms with Gasteiger partial charge >= 0.3 is 5.97 Å². The molecule has 6 fully saturated rings. The monoisotopic (exact) mass is 384 g/mol. The molecule has 0 aromatic heterocycles.